The highest BCUT2D eigenvalue weighted by Crippen LogP contribution is 2.45. The Bertz CT molecular complexity index is 1410. The summed E-state index contributed by atoms with van der Waals surface area (Å²) in [5, 5.41) is 17.0. The van der Waals surface area contributed by atoms with E-state index in [9.17, 15) is 0 Å². The molecule has 0 unspecified atom stereocenters. The van der Waals surface area contributed by atoms with E-state index < -0.39 is 47.9 Å². The first-order chi connectivity index (χ1) is 23.6. The van der Waals surface area contributed by atoms with E-state index in [0.717, 1.165) is 0 Å². The number of rotatable bonds is 11. The minimum atomic E-state index is -0.775. The molecule has 0 aromatic carbocycles. The molecule has 0 radical (unpaired) electrons. The van der Waals surface area contributed by atoms with Crippen LogP contribution in [0.1, 0.15) is 66.8 Å². The van der Waals surface area contributed by atoms with E-state index in [0.29, 0.717) is 24.5 Å². The van der Waals surface area contributed by atoms with Crippen LogP contribution in [0.3, 0.4) is 0 Å². The van der Waals surface area contributed by atoms with Crippen molar-refractivity contribution < 1.29 is 56.8 Å². The molecule has 18 nitrogen and oxygen atoms in total. The van der Waals surface area contributed by atoms with Crippen molar-refractivity contribution in [3.05, 3.63) is 23.8 Å². The third kappa shape index (κ3) is 7.22. The van der Waals surface area contributed by atoms with Crippen LogP contribution in [-0.4, -0.2) is 128 Å². The fourth-order valence-corrected chi connectivity index (χ4v) is 7.45. The standard InChI is InChI=1S/C32H48N6O12/c1-29(2)43-21-19(41-27-25(23(21)45-29)47-31(5,6)49-27)15-39-13-17-11-37(35-33-17)9-10-38-12-18(34-36-38)14-40-16-20-22-24(46-30(3,4)44-22)26-28(42-20)50-32(7,8)48-26/h11-12,19-28H,9-10,13-16H2,1-8H3/t19-,20-,21+,22+,23+,24+,25-,26-,27-,28-/m1/s1. The second-order valence-corrected chi connectivity index (χ2v) is 15.4. The van der Waals surface area contributed by atoms with E-state index in [4.69, 9.17) is 56.8 Å². The first-order valence-corrected chi connectivity index (χ1v) is 17.3. The smallest absolute Gasteiger partial charge is 0.190 e. The predicted octanol–water partition coefficient (Wildman–Crippen LogP) is 1.40. The molecule has 10 atom stereocenters. The third-order valence-electron chi connectivity index (χ3n) is 9.30. The van der Waals surface area contributed by atoms with E-state index in [1.807, 2.05) is 67.8 Å². The number of aromatic nitrogens is 6. The van der Waals surface area contributed by atoms with Gasteiger partial charge in [0.1, 0.15) is 60.2 Å². The fraction of sp³-hybridized carbons (Fsp3) is 0.875. The van der Waals surface area contributed by atoms with Crippen molar-refractivity contribution in [3.63, 3.8) is 0 Å². The van der Waals surface area contributed by atoms with Gasteiger partial charge in [-0.3, -0.25) is 9.36 Å². The Balaban J connectivity index is 0.784. The Morgan fingerprint density at radius 2 is 0.880 bits per heavy atom. The summed E-state index contributed by atoms with van der Waals surface area (Å²) >= 11 is 0. The molecule has 8 heterocycles. The molecule has 0 N–H and O–H groups in total. The molecule has 2 aromatic rings. The molecule has 0 aliphatic carbocycles. The van der Waals surface area contributed by atoms with Crippen molar-refractivity contribution in [1.29, 1.82) is 0 Å². The monoisotopic (exact) mass is 708 g/mol. The van der Waals surface area contributed by atoms with Crippen LogP contribution in [0.15, 0.2) is 12.4 Å². The maximum atomic E-state index is 6.22. The molecule has 6 aliphatic heterocycles. The van der Waals surface area contributed by atoms with Crippen LogP contribution in [-0.2, 0) is 83.1 Å². The van der Waals surface area contributed by atoms with Crippen molar-refractivity contribution >= 4 is 0 Å². The van der Waals surface area contributed by atoms with E-state index in [1.54, 1.807) is 9.36 Å². The van der Waals surface area contributed by atoms with Crippen LogP contribution in [0, 0.1) is 0 Å². The molecule has 0 saturated carbocycles. The Morgan fingerprint density at radius 3 is 1.30 bits per heavy atom. The van der Waals surface area contributed by atoms with Crippen LogP contribution in [0.4, 0.5) is 0 Å². The first kappa shape index (κ1) is 34.9. The summed E-state index contributed by atoms with van der Waals surface area (Å²) in [6, 6.07) is 0. The van der Waals surface area contributed by atoms with Gasteiger partial charge in [-0.2, -0.15) is 0 Å². The van der Waals surface area contributed by atoms with Gasteiger partial charge < -0.3 is 56.8 Å². The van der Waals surface area contributed by atoms with Gasteiger partial charge in [-0.15, -0.1) is 10.2 Å². The number of nitrogens with zero attached hydrogens (tertiary/aromatic N) is 6. The highest BCUT2D eigenvalue weighted by Gasteiger charge is 2.62. The zero-order chi connectivity index (χ0) is 35.1. The molecular weight excluding hydrogens is 660 g/mol. The number of ether oxygens (including phenoxy) is 12. The minimum Gasteiger partial charge on any atom is -0.372 e. The van der Waals surface area contributed by atoms with Gasteiger partial charge in [0.2, 0.25) is 0 Å². The van der Waals surface area contributed by atoms with Crippen molar-refractivity contribution in [2.45, 2.75) is 166 Å². The van der Waals surface area contributed by atoms with Crippen LogP contribution >= 0.6 is 0 Å². The van der Waals surface area contributed by atoms with Gasteiger partial charge in [0.25, 0.3) is 0 Å². The van der Waals surface area contributed by atoms with Gasteiger partial charge >= 0.3 is 0 Å². The number of aryl methyl sites for hydroxylation is 2. The molecule has 0 bridgehead atoms. The molecule has 2 aromatic heterocycles. The van der Waals surface area contributed by atoms with Crippen molar-refractivity contribution in [2.75, 3.05) is 13.2 Å². The predicted molar refractivity (Wildman–Crippen MR) is 164 cm³/mol. The number of hydrogen-bond acceptors (Lipinski definition) is 16. The van der Waals surface area contributed by atoms with Crippen molar-refractivity contribution in [3.8, 4) is 0 Å². The molecule has 278 valence electrons. The lowest BCUT2D eigenvalue weighted by atomic mass is 9.99. The molecule has 18 heteroatoms. The zero-order valence-corrected chi connectivity index (χ0v) is 29.8. The fourth-order valence-electron chi connectivity index (χ4n) is 7.45. The lowest BCUT2D eigenvalue weighted by Gasteiger charge is -2.37. The summed E-state index contributed by atoms with van der Waals surface area (Å²) in [5.74, 6) is -3.08. The molecule has 6 aliphatic rings. The van der Waals surface area contributed by atoms with E-state index in [-0.39, 0.29) is 63.1 Å². The molecule has 8 rings (SSSR count). The molecule has 6 saturated heterocycles. The Morgan fingerprint density at radius 1 is 0.520 bits per heavy atom. The average Bonchev–Trinajstić information content (AvgIpc) is 3.85. The maximum absolute atomic E-state index is 6.22. The third-order valence-corrected chi connectivity index (χ3v) is 9.30. The zero-order valence-electron chi connectivity index (χ0n) is 29.8. The van der Waals surface area contributed by atoms with Crippen molar-refractivity contribution in [1.82, 2.24) is 30.0 Å². The average molecular weight is 709 g/mol. The summed E-state index contributed by atoms with van der Waals surface area (Å²) in [6.07, 6.45) is -0.381. The largest absolute Gasteiger partial charge is 0.372 e. The van der Waals surface area contributed by atoms with Gasteiger partial charge in [0, 0.05) is 0 Å². The van der Waals surface area contributed by atoms with Gasteiger partial charge in [-0.1, -0.05) is 10.4 Å². The summed E-state index contributed by atoms with van der Waals surface area (Å²) in [5.41, 5.74) is 1.37. The highest BCUT2D eigenvalue weighted by atomic mass is 16.9. The molecule has 0 spiro atoms. The van der Waals surface area contributed by atoms with E-state index in [2.05, 4.69) is 20.6 Å². The van der Waals surface area contributed by atoms with E-state index in [1.165, 1.54) is 0 Å². The molecule has 0 amide bonds. The summed E-state index contributed by atoms with van der Waals surface area (Å²) < 4.78 is 76.7. The maximum Gasteiger partial charge on any atom is 0.190 e. The van der Waals surface area contributed by atoms with Gasteiger partial charge in [-0.05, 0) is 55.4 Å². The van der Waals surface area contributed by atoms with Gasteiger partial charge in [0.05, 0.1) is 51.9 Å². The highest BCUT2D eigenvalue weighted by molar-refractivity contribution is 5.02. The Hall–Kier alpha value is -2.20. The summed E-state index contributed by atoms with van der Waals surface area (Å²) in [4.78, 5) is 0. The number of fused-ring (bicyclic) bond motifs is 6. The van der Waals surface area contributed by atoms with Crippen molar-refractivity contribution in [2.24, 2.45) is 0 Å². The van der Waals surface area contributed by atoms with Crippen LogP contribution < -0.4 is 0 Å². The van der Waals surface area contributed by atoms with Crippen LogP contribution in [0.5, 0.6) is 0 Å². The summed E-state index contributed by atoms with van der Waals surface area (Å²) in [7, 11) is 0. The molecule has 50 heavy (non-hydrogen) atoms. The normalized spacial score (nSPS) is 38.9. The number of hydrogen-bond donors (Lipinski definition) is 0. The first-order valence-electron chi connectivity index (χ1n) is 17.3. The van der Waals surface area contributed by atoms with Crippen LogP contribution in [0.25, 0.3) is 0 Å². The van der Waals surface area contributed by atoms with E-state index >= 15 is 0 Å². The Labute approximate surface area is 290 Å². The quantitative estimate of drug-likeness (QED) is 0.328. The summed E-state index contributed by atoms with van der Waals surface area (Å²) in [6.45, 7) is 17.1. The lowest BCUT2D eigenvalue weighted by molar-refractivity contribution is -0.243. The second-order valence-electron chi connectivity index (χ2n) is 15.4. The lowest BCUT2D eigenvalue weighted by Crippen LogP contribution is -2.56. The van der Waals surface area contributed by atoms with Gasteiger partial charge in [0.15, 0.2) is 35.7 Å². The SMILES string of the molecule is CC1(C)O[C@H]2[C@@H](O1)[C@@H](COCc1cn(CCn3cc(COC[C@H]4O[C@@H]5OC(C)(C)O[C@@H]5[C@H]5OC(C)(C)O[C@H]54)nn3)nn1)O[C@@H]1OC(C)(C)O[C@@H]12. The Kier molecular flexibility index (Phi) is 8.88. The van der Waals surface area contributed by atoms with Gasteiger partial charge in [-0.25, -0.2) is 0 Å². The molecule has 6 fully saturated rings. The topological polar surface area (TPSA) is 172 Å². The minimum absolute atomic E-state index is 0.253. The molecular formula is C32H48N6O12. The van der Waals surface area contributed by atoms with Crippen LogP contribution in [0.2, 0.25) is 0 Å². The second kappa shape index (κ2) is 12.7.